The van der Waals surface area contributed by atoms with Gasteiger partial charge in [-0.3, -0.25) is 4.79 Å². The van der Waals surface area contributed by atoms with Crippen LogP contribution in [0, 0.1) is 6.92 Å². The van der Waals surface area contributed by atoms with Gasteiger partial charge in [-0.25, -0.2) is 0 Å². The van der Waals surface area contributed by atoms with Gasteiger partial charge in [-0.1, -0.05) is 76.8 Å². The Hall–Kier alpha value is -1.22. The molecule has 22 heavy (non-hydrogen) atoms. The molecule has 2 aromatic rings. The zero-order chi connectivity index (χ0) is 16.3. The van der Waals surface area contributed by atoms with Crippen molar-refractivity contribution < 1.29 is 9.53 Å². The number of aryl methyl sites for hydroxylation is 1. The average molecular weight is 358 g/mol. The SMILES string of the molecule is COc1ccccc1C(=O)C(c1ccc(C)cc1)C(Cl)(Cl)Cl. The third kappa shape index (κ3) is 3.75. The van der Waals surface area contributed by atoms with Crippen molar-refractivity contribution >= 4 is 40.6 Å². The topological polar surface area (TPSA) is 26.3 Å². The number of ketones is 1. The first-order valence-corrected chi connectivity index (χ1v) is 7.78. The first-order valence-electron chi connectivity index (χ1n) is 6.65. The number of ether oxygens (including phenoxy) is 1. The van der Waals surface area contributed by atoms with E-state index < -0.39 is 9.71 Å². The van der Waals surface area contributed by atoms with Crippen molar-refractivity contribution in [1.29, 1.82) is 0 Å². The highest BCUT2D eigenvalue weighted by Crippen LogP contribution is 2.44. The van der Waals surface area contributed by atoms with E-state index in [9.17, 15) is 4.79 Å². The highest BCUT2D eigenvalue weighted by Gasteiger charge is 2.40. The summed E-state index contributed by atoms with van der Waals surface area (Å²) in [4.78, 5) is 12.9. The van der Waals surface area contributed by atoms with E-state index in [0.717, 1.165) is 5.56 Å². The Morgan fingerprint density at radius 1 is 1.05 bits per heavy atom. The highest BCUT2D eigenvalue weighted by atomic mass is 35.6. The van der Waals surface area contributed by atoms with Crippen molar-refractivity contribution in [2.45, 2.75) is 16.6 Å². The van der Waals surface area contributed by atoms with E-state index in [1.54, 1.807) is 36.4 Å². The molecule has 2 aromatic carbocycles. The first kappa shape index (κ1) is 17.1. The number of methoxy groups -OCH3 is 1. The van der Waals surface area contributed by atoms with Gasteiger partial charge >= 0.3 is 0 Å². The smallest absolute Gasteiger partial charge is 0.204 e. The molecule has 5 heteroatoms. The van der Waals surface area contributed by atoms with Crippen LogP contribution >= 0.6 is 34.8 Å². The molecule has 0 bridgehead atoms. The van der Waals surface area contributed by atoms with E-state index >= 15 is 0 Å². The highest BCUT2D eigenvalue weighted by molar-refractivity contribution is 6.69. The number of carbonyl (C=O) groups is 1. The quantitative estimate of drug-likeness (QED) is 0.545. The van der Waals surface area contributed by atoms with E-state index in [-0.39, 0.29) is 5.78 Å². The zero-order valence-electron chi connectivity index (χ0n) is 12.1. The lowest BCUT2D eigenvalue weighted by molar-refractivity contribution is 0.0957. The molecule has 0 heterocycles. The molecule has 0 N–H and O–H groups in total. The molecular formula is C17H15Cl3O2. The van der Waals surface area contributed by atoms with Crippen LogP contribution in [0.2, 0.25) is 0 Å². The molecule has 0 aromatic heterocycles. The van der Waals surface area contributed by atoms with Crippen LogP contribution in [0.15, 0.2) is 48.5 Å². The molecule has 1 unspecified atom stereocenters. The molecule has 2 nitrogen and oxygen atoms in total. The first-order chi connectivity index (χ1) is 10.3. The van der Waals surface area contributed by atoms with Crippen molar-refractivity contribution in [3.8, 4) is 5.75 Å². The van der Waals surface area contributed by atoms with Gasteiger partial charge in [-0.05, 0) is 24.6 Å². The minimum atomic E-state index is -1.76. The average Bonchev–Trinajstić information content (AvgIpc) is 2.48. The second kappa shape index (κ2) is 6.91. The van der Waals surface area contributed by atoms with Gasteiger partial charge in [0.1, 0.15) is 5.75 Å². The second-order valence-corrected chi connectivity index (χ2v) is 7.32. The predicted molar refractivity (Wildman–Crippen MR) is 91.5 cm³/mol. The van der Waals surface area contributed by atoms with E-state index in [1.165, 1.54) is 7.11 Å². The number of rotatable bonds is 4. The van der Waals surface area contributed by atoms with Gasteiger partial charge in [0.25, 0.3) is 0 Å². The summed E-state index contributed by atoms with van der Waals surface area (Å²) >= 11 is 18.2. The summed E-state index contributed by atoms with van der Waals surface area (Å²) in [6.07, 6.45) is 0. The molecule has 1 atom stereocenters. The molecule has 0 saturated carbocycles. The molecular weight excluding hydrogens is 343 g/mol. The molecule has 0 fully saturated rings. The van der Waals surface area contributed by atoms with Gasteiger partial charge in [0.15, 0.2) is 5.78 Å². The Morgan fingerprint density at radius 2 is 1.64 bits per heavy atom. The number of hydrogen-bond acceptors (Lipinski definition) is 2. The lowest BCUT2D eigenvalue weighted by atomic mass is 9.91. The Kier molecular flexibility index (Phi) is 5.38. The van der Waals surface area contributed by atoms with Gasteiger partial charge in [0.05, 0.1) is 18.6 Å². The second-order valence-electron chi connectivity index (χ2n) is 4.95. The number of carbonyl (C=O) groups excluding carboxylic acids is 1. The van der Waals surface area contributed by atoms with Crippen molar-refractivity contribution in [2.24, 2.45) is 0 Å². The van der Waals surface area contributed by atoms with Gasteiger partial charge in [0.2, 0.25) is 3.79 Å². The predicted octanol–water partition coefficient (Wildman–Crippen LogP) is 5.34. The summed E-state index contributed by atoms with van der Waals surface area (Å²) in [6, 6.07) is 14.3. The maximum absolute atomic E-state index is 12.9. The van der Waals surface area contributed by atoms with Crippen molar-refractivity contribution in [2.75, 3.05) is 7.11 Å². The zero-order valence-corrected chi connectivity index (χ0v) is 14.4. The third-order valence-electron chi connectivity index (χ3n) is 3.37. The third-order valence-corrected chi connectivity index (χ3v) is 4.03. The summed E-state index contributed by atoms with van der Waals surface area (Å²) in [7, 11) is 1.50. The van der Waals surface area contributed by atoms with Crippen LogP contribution in [0.3, 0.4) is 0 Å². The monoisotopic (exact) mass is 356 g/mol. The fourth-order valence-electron chi connectivity index (χ4n) is 2.25. The Bertz CT molecular complexity index is 660. The molecule has 0 spiro atoms. The molecule has 0 radical (unpaired) electrons. The van der Waals surface area contributed by atoms with E-state index in [0.29, 0.717) is 16.9 Å². The lowest BCUT2D eigenvalue weighted by Crippen LogP contribution is -2.26. The maximum atomic E-state index is 12.9. The molecule has 0 aliphatic rings. The van der Waals surface area contributed by atoms with Gasteiger partial charge in [-0.15, -0.1) is 0 Å². The molecule has 2 rings (SSSR count). The van der Waals surface area contributed by atoms with Crippen LogP contribution in [0.1, 0.15) is 27.4 Å². The summed E-state index contributed by atoms with van der Waals surface area (Å²) in [6.45, 7) is 1.95. The molecule has 0 saturated heterocycles. The van der Waals surface area contributed by atoms with E-state index in [2.05, 4.69) is 0 Å². The molecule has 116 valence electrons. The van der Waals surface area contributed by atoms with Crippen LogP contribution in [-0.4, -0.2) is 16.7 Å². The summed E-state index contributed by atoms with van der Waals surface area (Å²) in [5, 5.41) is 0. The van der Waals surface area contributed by atoms with Crippen molar-refractivity contribution in [3.63, 3.8) is 0 Å². The van der Waals surface area contributed by atoms with E-state index in [1.807, 2.05) is 19.1 Å². The number of hydrogen-bond donors (Lipinski definition) is 0. The number of para-hydroxylation sites is 1. The standard InChI is InChI=1S/C17H15Cl3O2/c1-11-7-9-12(10-8-11)15(17(18,19)20)16(21)13-5-3-4-6-14(13)22-2/h3-10,15H,1-2H3. The summed E-state index contributed by atoms with van der Waals surface area (Å²) in [5.74, 6) is -0.741. The van der Waals surface area contributed by atoms with Crippen LogP contribution in [-0.2, 0) is 0 Å². The summed E-state index contributed by atoms with van der Waals surface area (Å²) in [5.41, 5.74) is 2.11. The number of halogens is 3. The number of alkyl halides is 3. The number of benzene rings is 2. The minimum absolute atomic E-state index is 0.290. The van der Waals surface area contributed by atoms with Crippen molar-refractivity contribution in [3.05, 3.63) is 65.2 Å². The van der Waals surface area contributed by atoms with E-state index in [4.69, 9.17) is 39.5 Å². The molecule has 0 amide bonds. The van der Waals surface area contributed by atoms with Crippen LogP contribution in [0.4, 0.5) is 0 Å². The normalized spacial score (nSPS) is 12.8. The Morgan fingerprint density at radius 3 is 2.18 bits per heavy atom. The lowest BCUT2D eigenvalue weighted by Gasteiger charge is -2.24. The minimum Gasteiger partial charge on any atom is -0.496 e. The Balaban J connectivity index is 2.50. The molecule has 0 aliphatic heterocycles. The molecule has 0 aliphatic carbocycles. The van der Waals surface area contributed by atoms with Crippen LogP contribution in [0.25, 0.3) is 0 Å². The fourth-order valence-corrected chi connectivity index (χ4v) is 2.93. The largest absolute Gasteiger partial charge is 0.496 e. The number of Topliss-reactive ketones (excluding diaryl/α,β-unsaturated/α-hetero) is 1. The summed E-state index contributed by atoms with van der Waals surface area (Å²) < 4.78 is 3.48. The van der Waals surface area contributed by atoms with Crippen molar-refractivity contribution in [1.82, 2.24) is 0 Å². The maximum Gasteiger partial charge on any atom is 0.204 e. The fraction of sp³-hybridized carbons (Fsp3) is 0.235. The van der Waals surface area contributed by atoms with Crippen LogP contribution < -0.4 is 4.74 Å². The van der Waals surface area contributed by atoms with Gasteiger partial charge in [-0.2, -0.15) is 0 Å². The van der Waals surface area contributed by atoms with Crippen LogP contribution in [0.5, 0.6) is 5.75 Å². The Labute approximate surface area is 144 Å². The van der Waals surface area contributed by atoms with Gasteiger partial charge in [0, 0.05) is 0 Å². The van der Waals surface area contributed by atoms with Gasteiger partial charge < -0.3 is 4.74 Å².